The lowest BCUT2D eigenvalue weighted by Crippen LogP contribution is -2.25. The van der Waals surface area contributed by atoms with Gasteiger partial charge in [-0.25, -0.2) is 4.98 Å². The Balaban J connectivity index is 1.38. The number of amides is 1. The first-order valence-electron chi connectivity index (χ1n) is 11.0. The molecule has 1 saturated heterocycles. The van der Waals surface area contributed by atoms with Crippen molar-refractivity contribution in [1.29, 1.82) is 0 Å². The van der Waals surface area contributed by atoms with Crippen LogP contribution in [0.25, 0.3) is 33.5 Å². The van der Waals surface area contributed by atoms with Crippen LogP contribution in [0.2, 0.25) is 0 Å². The number of nitrogens with zero attached hydrogens (tertiary/aromatic N) is 3. The fraction of sp³-hybridized carbons (Fsp3) is 0.348. The molecule has 1 aliphatic heterocycles. The molecule has 2 aromatic carbocycles. The Hall–Kier alpha value is -3.56. The smallest absolute Gasteiger partial charge is 0.371 e. The molecule has 10 heteroatoms. The molecule has 3 heterocycles. The summed E-state index contributed by atoms with van der Waals surface area (Å²) in [5, 5.41) is 10.6. The number of aromatic nitrogens is 4. The maximum absolute atomic E-state index is 12.4. The van der Waals surface area contributed by atoms with Crippen LogP contribution >= 0.6 is 0 Å². The van der Waals surface area contributed by atoms with Gasteiger partial charge in [0, 0.05) is 42.7 Å². The molecule has 0 radical (unpaired) electrons. The van der Waals surface area contributed by atoms with Crippen molar-refractivity contribution < 1.29 is 18.0 Å². The van der Waals surface area contributed by atoms with E-state index < -0.39 is 18.5 Å². The first-order chi connectivity index (χ1) is 15.9. The summed E-state index contributed by atoms with van der Waals surface area (Å²) in [6, 6.07) is 11.2. The second kappa shape index (κ2) is 8.42. The van der Waals surface area contributed by atoms with E-state index in [1.807, 2.05) is 6.07 Å². The van der Waals surface area contributed by atoms with Crippen LogP contribution in [0.3, 0.4) is 0 Å². The second-order valence-electron chi connectivity index (χ2n) is 8.29. The molecule has 0 bridgehead atoms. The third kappa shape index (κ3) is 4.50. The van der Waals surface area contributed by atoms with Gasteiger partial charge in [-0.2, -0.15) is 18.3 Å². The average molecular weight is 456 g/mol. The lowest BCUT2D eigenvalue weighted by atomic mass is 10.1. The Bertz CT molecular complexity index is 1300. The van der Waals surface area contributed by atoms with Crippen LogP contribution in [0.5, 0.6) is 0 Å². The summed E-state index contributed by atoms with van der Waals surface area (Å²) >= 11 is 0. The minimum absolute atomic E-state index is 0.0441. The van der Waals surface area contributed by atoms with Crippen molar-refractivity contribution in [2.45, 2.75) is 31.9 Å². The third-order valence-corrected chi connectivity index (χ3v) is 5.91. The Morgan fingerprint density at radius 1 is 1.09 bits per heavy atom. The van der Waals surface area contributed by atoms with Crippen LogP contribution in [0.15, 0.2) is 36.4 Å². The maximum Gasteiger partial charge on any atom is 0.389 e. The molecular formula is C23H23F3N6O. The summed E-state index contributed by atoms with van der Waals surface area (Å²) in [5.74, 6) is 0.156. The SMILES string of the molecule is O=C(NCCCC(F)(F)F)c1ccc2[nH]nc(-c3nc4ccc(N5CCCC5)cc4[nH]3)c2c1. The highest BCUT2D eigenvalue weighted by Crippen LogP contribution is 2.29. The van der Waals surface area contributed by atoms with Gasteiger partial charge in [0.2, 0.25) is 0 Å². The highest BCUT2D eigenvalue weighted by atomic mass is 19.4. The molecule has 0 atom stereocenters. The first-order valence-corrected chi connectivity index (χ1v) is 11.0. The summed E-state index contributed by atoms with van der Waals surface area (Å²) < 4.78 is 36.9. The molecule has 1 fully saturated rings. The van der Waals surface area contributed by atoms with Crippen molar-refractivity contribution >= 4 is 33.5 Å². The van der Waals surface area contributed by atoms with Crippen molar-refractivity contribution in [1.82, 2.24) is 25.5 Å². The topological polar surface area (TPSA) is 89.7 Å². The highest BCUT2D eigenvalue weighted by molar-refractivity contribution is 6.01. The minimum atomic E-state index is -4.23. The van der Waals surface area contributed by atoms with Crippen molar-refractivity contribution in [3.8, 4) is 11.5 Å². The molecule has 0 aliphatic carbocycles. The summed E-state index contributed by atoms with van der Waals surface area (Å²) in [4.78, 5) is 22.8. The molecule has 1 amide bonds. The number of H-pyrrole nitrogens is 2. The molecule has 4 aromatic rings. The summed E-state index contributed by atoms with van der Waals surface area (Å²) in [6.07, 6.45) is -2.92. The largest absolute Gasteiger partial charge is 0.389 e. The maximum atomic E-state index is 12.4. The number of alkyl halides is 3. The van der Waals surface area contributed by atoms with Crippen LogP contribution in [0, 0.1) is 0 Å². The van der Waals surface area contributed by atoms with Crippen LogP contribution in [-0.2, 0) is 0 Å². The number of fused-ring (bicyclic) bond motifs is 2. The number of aromatic amines is 2. The van der Waals surface area contributed by atoms with Crippen molar-refractivity contribution in [2.75, 3.05) is 24.5 Å². The molecule has 3 N–H and O–H groups in total. The van der Waals surface area contributed by atoms with Crippen LogP contribution in [0.1, 0.15) is 36.0 Å². The van der Waals surface area contributed by atoms with Gasteiger partial charge in [-0.05, 0) is 55.7 Å². The molecule has 2 aromatic heterocycles. The number of carbonyl (C=O) groups excluding carboxylic acids is 1. The van der Waals surface area contributed by atoms with Gasteiger partial charge >= 0.3 is 6.18 Å². The molecule has 0 unspecified atom stereocenters. The van der Waals surface area contributed by atoms with E-state index in [0.29, 0.717) is 22.5 Å². The average Bonchev–Trinajstić information content (AvgIpc) is 3.53. The number of hydrogen-bond acceptors (Lipinski definition) is 4. The Labute approximate surface area is 187 Å². The zero-order valence-corrected chi connectivity index (χ0v) is 17.8. The van der Waals surface area contributed by atoms with E-state index in [2.05, 4.69) is 42.5 Å². The molecular weight excluding hydrogens is 433 g/mol. The number of nitrogens with one attached hydrogen (secondary N) is 3. The van der Waals surface area contributed by atoms with Gasteiger partial charge in [0.05, 0.1) is 16.6 Å². The predicted octanol–water partition coefficient (Wildman–Crippen LogP) is 4.78. The first kappa shape index (κ1) is 21.3. The van der Waals surface area contributed by atoms with Crippen molar-refractivity contribution in [3.05, 3.63) is 42.0 Å². The fourth-order valence-electron chi connectivity index (χ4n) is 4.21. The van der Waals surface area contributed by atoms with Gasteiger partial charge in [-0.1, -0.05) is 0 Å². The van der Waals surface area contributed by atoms with Crippen LogP contribution in [0.4, 0.5) is 18.9 Å². The number of benzene rings is 2. The van der Waals surface area contributed by atoms with Gasteiger partial charge in [-0.15, -0.1) is 0 Å². The molecule has 5 rings (SSSR count). The standard InChI is InChI=1S/C23H23F3N6O/c24-23(25,26)8-3-9-27-22(33)14-4-6-17-16(12-14)20(31-30-17)21-28-18-7-5-15(13-19(18)29-21)32-10-1-2-11-32/h4-7,12-13H,1-3,8-11H2,(H,27,33)(H,28,29)(H,30,31). The fourth-order valence-corrected chi connectivity index (χ4v) is 4.21. The number of rotatable bonds is 6. The third-order valence-electron chi connectivity index (χ3n) is 5.91. The van der Waals surface area contributed by atoms with Gasteiger partial charge in [0.25, 0.3) is 5.91 Å². The van der Waals surface area contributed by atoms with Crippen molar-refractivity contribution in [2.24, 2.45) is 0 Å². The molecule has 172 valence electrons. The monoisotopic (exact) mass is 456 g/mol. The van der Waals surface area contributed by atoms with E-state index in [1.165, 1.54) is 12.8 Å². The molecule has 1 aliphatic rings. The van der Waals surface area contributed by atoms with E-state index in [1.54, 1.807) is 18.2 Å². The predicted molar refractivity (Wildman–Crippen MR) is 120 cm³/mol. The van der Waals surface area contributed by atoms with Gasteiger partial charge in [0.1, 0.15) is 5.69 Å². The molecule has 7 nitrogen and oxygen atoms in total. The number of anilines is 1. The van der Waals surface area contributed by atoms with Gasteiger partial charge in [-0.3, -0.25) is 9.89 Å². The van der Waals surface area contributed by atoms with Gasteiger partial charge < -0.3 is 15.2 Å². The molecule has 33 heavy (non-hydrogen) atoms. The van der Waals surface area contributed by atoms with Crippen LogP contribution < -0.4 is 10.2 Å². The summed E-state index contributed by atoms with van der Waals surface area (Å²) in [7, 11) is 0. The Kier molecular flexibility index (Phi) is 5.43. The van der Waals surface area contributed by atoms with E-state index in [0.717, 1.165) is 35.3 Å². The number of hydrogen-bond donors (Lipinski definition) is 3. The number of imidazole rings is 1. The van der Waals surface area contributed by atoms with E-state index in [-0.39, 0.29) is 13.0 Å². The molecule has 0 saturated carbocycles. The molecule has 0 spiro atoms. The number of halogens is 3. The second-order valence-corrected chi connectivity index (χ2v) is 8.29. The zero-order valence-electron chi connectivity index (χ0n) is 17.8. The summed E-state index contributed by atoms with van der Waals surface area (Å²) in [6.45, 7) is 2.06. The normalized spacial score (nSPS) is 14.5. The lowest BCUT2D eigenvalue weighted by molar-refractivity contribution is -0.135. The van der Waals surface area contributed by atoms with E-state index in [4.69, 9.17) is 0 Å². The van der Waals surface area contributed by atoms with E-state index >= 15 is 0 Å². The zero-order chi connectivity index (χ0) is 23.0. The van der Waals surface area contributed by atoms with Crippen LogP contribution in [-0.4, -0.2) is 51.9 Å². The highest BCUT2D eigenvalue weighted by Gasteiger charge is 2.26. The Morgan fingerprint density at radius 2 is 1.91 bits per heavy atom. The van der Waals surface area contributed by atoms with E-state index in [9.17, 15) is 18.0 Å². The minimum Gasteiger partial charge on any atom is -0.371 e. The summed E-state index contributed by atoms with van der Waals surface area (Å²) in [5.41, 5.74) is 4.55. The van der Waals surface area contributed by atoms with Crippen molar-refractivity contribution in [3.63, 3.8) is 0 Å². The lowest BCUT2D eigenvalue weighted by Gasteiger charge is -2.17. The Morgan fingerprint density at radius 3 is 2.70 bits per heavy atom. The number of carbonyl (C=O) groups is 1. The quantitative estimate of drug-likeness (QED) is 0.364. The van der Waals surface area contributed by atoms with Gasteiger partial charge in [0.15, 0.2) is 5.82 Å².